The molecule has 14 heavy (non-hydrogen) atoms. The average Bonchev–Trinajstić information content (AvgIpc) is 1.94. The molecule has 0 fully saturated rings. The van der Waals surface area contributed by atoms with E-state index < -0.39 is 0 Å². The Kier molecular flexibility index (Phi) is 4.64. The Hall–Kier alpha value is -0.0400. The molecular weight excluding hydrogens is 170 g/mol. The lowest BCUT2D eigenvalue weighted by Crippen LogP contribution is -2.52. The van der Waals surface area contributed by atoms with Gasteiger partial charge in [-0.15, -0.1) is 0 Å². The minimum absolute atomic E-state index is 0.280. The van der Waals surface area contributed by atoms with E-state index in [9.17, 15) is 0 Å². The Labute approximate surface area is 90.9 Å². The maximum absolute atomic E-state index is 2.62. The summed E-state index contributed by atoms with van der Waals surface area (Å²) >= 11 is 0. The van der Waals surface area contributed by atoms with Crippen LogP contribution < -0.4 is 0 Å². The van der Waals surface area contributed by atoms with Crippen molar-refractivity contribution in [3.05, 3.63) is 0 Å². The first-order chi connectivity index (χ1) is 6.10. The van der Waals surface area contributed by atoms with E-state index in [0.717, 1.165) is 0 Å². The SMILES string of the molecule is CCCN(C(C)C(C)(C)C)C(C)(C)C. The second-order valence-corrected chi connectivity index (χ2v) is 6.41. The van der Waals surface area contributed by atoms with Crippen LogP contribution in [0.25, 0.3) is 0 Å². The van der Waals surface area contributed by atoms with Crippen LogP contribution in [0.1, 0.15) is 61.8 Å². The highest BCUT2D eigenvalue weighted by Gasteiger charge is 2.32. The molecule has 1 nitrogen and oxygen atoms in total. The van der Waals surface area contributed by atoms with E-state index in [1.165, 1.54) is 13.0 Å². The van der Waals surface area contributed by atoms with Crippen molar-refractivity contribution in [2.24, 2.45) is 5.41 Å². The normalized spacial score (nSPS) is 16.1. The molecule has 0 bridgehead atoms. The van der Waals surface area contributed by atoms with E-state index >= 15 is 0 Å². The van der Waals surface area contributed by atoms with Gasteiger partial charge in [0.05, 0.1) is 0 Å². The van der Waals surface area contributed by atoms with Crippen LogP contribution >= 0.6 is 0 Å². The minimum atomic E-state index is 0.280. The molecule has 1 atom stereocenters. The van der Waals surface area contributed by atoms with E-state index in [1.54, 1.807) is 0 Å². The van der Waals surface area contributed by atoms with Crippen molar-refractivity contribution >= 4 is 0 Å². The van der Waals surface area contributed by atoms with E-state index in [4.69, 9.17) is 0 Å². The fourth-order valence-electron chi connectivity index (χ4n) is 1.82. The minimum Gasteiger partial charge on any atom is -0.295 e. The molecule has 0 aromatic rings. The van der Waals surface area contributed by atoms with Crippen LogP contribution in [0.2, 0.25) is 0 Å². The summed E-state index contributed by atoms with van der Waals surface area (Å²) in [5.74, 6) is 0. The molecule has 0 spiro atoms. The van der Waals surface area contributed by atoms with Crippen molar-refractivity contribution in [2.45, 2.75) is 73.4 Å². The Bertz CT molecular complexity index is 159. The standard InChI is InChI=1S/C13H29N/c1-9-10-14(13(6,7)8)11(2)12(3,4)5/h11H,9-10H2,1-8H3. The molecule has 0 saturated heterocycles. The third-order valence-corrected chi connectivity index (χ3v) is 3.05. The summed E-state index contributed by atoms with van der Waals surface area (Å²) in [6.45, 7) is 19.7. The van der Waals surface area contributed by atoms with Crippen LogP contribution in [0, 0.1) is 5.41 Å². The lowest BCUT2D eigenvalue weighted by molar-refractivity contribution is 0.0326. The molecule has 1 heteroatoms. The average molecular weight is 199 g/mol. The van der Waals surface area contributed by atoms with Crippen molar-refractivity contribution in [3.8, 4) is 0 Å². The van der Waals surface area contributed by atoms with Crippen LogP contribution in [0.3, 0.4) is 0 Å². The van der Waals surface area contributed by atoms with Crippen LogP contribution in [0.15, 0.2) is 0 Å². The van der Waals surface area contributed by atoms with Crippen LogP contribution in [-0.2, 0) is 0 Å². The highest BCUT2D eigenvalue weighted by atomic mass is 15.2. The molecular formula is C13H29N. The number of hydrogen-bond acceptors (Lipinski definition) is 1. The molecule has 1 unspecified atom stereocenters. The van der Waals surface area contributed by atoms with Gasteiger partial charge in [0.15, 0.2) is 0 Å². The van der Waals surface area contributed by atoms with Gasteiger partial charge in [-0.3, -0.25) is 4.90 Å². The largest absolute Gasteiger partial charge is 0.295 e. The summed E-state index contributed by atoms with van der Waals surface area (Å²) in [5, 5.41) is 0. The van der Waals surface area contributed by atoms with Gasteiger partial charge >= 0.3 is 0 Å². The van der Waals surface area contributed by atoms with Gasteiger partial charge in [-0.25, -0.2) is 0 Å². The molecule has 0 heterocycles. The second-order valence-electron chi connectivity index (χ2n) is 6.41. The number of nitrogens with zero attached hydrogens (tertiary/aromatic N) is 1. The van der Waals surface area contributed by atoms with Gasteiger partial charge in [-0.05, 0) is 46.1 Å². The fraction of sp³-hybridized carbons (Fsp3) is 1.00. The summed E-state index contributed by atoms with van der Waals surface area (Å²) in [6, 6.07) is 0.627. The molecule has 0 rings (SSSR count). The van der Waals surface area contributed by atoms with Gasteiger partial charge in [-0.2, -0.15) is 0 Å². The summed E-state index contributed by atoms with van der Waals surface area (Å²) < 4.78 is 0. The van der Waals surface area contributed by atoms with Crippen LogP contribution in [0.5, 0.6) is 0 Å². The topological polar surface area (TPSA) is 3.24 Å². The van der Waals surface area contributed by atoms with E-state index in [1.807, 2.05) is 0 Å². The van der Waals surface area contributed by atoms with E-state index in [-0.39, 0.29) is 5.54 Å². The third kappa shape index (κ3) is 4.00. The Morgan fingerprint density at radius 3 is 1.64 bits per heavy atom. The van der Waals surface area contributed by atoms with E-state index in [0.29, 0.717) is 11.5 Å². The molecule has 0 amide bonds. The highest BCUT2D eigenvalue weighted by molar-refractivity contribution is 4.86. The van der Waals surface area contributed by atoms with Crippen molar-refractivity contribution < 1.29 is 0 Å². The molecule has 0 aliphatic rings. The fourth-order valence-corrected chi connectivity index (χ4v) is 1.82. The predicted molar refractivity (Wildman–Crippen MR) is 65.7 cm³/mol. The Balaban J connectivity index is 4.67. The Morgan fingerprint density at radius 2 is 1.43 bits per heavy atom. The molecule has 0 radical (unpaired) electrons. The first kappa shape index (κ1) is 14.0. The monoisotopic (exact) mass is 199 g/mol. The smallest absolute Gasteiger partial charge is 0.0128 e. The van der Waals surface area contributed by atoms with Crippen molar-refractivity contribution in [2.75, 3.05) is 6.54 Å². The molecule has 0 aliphatic heterocycles. The molecule has 0 aromatic heterocycles. The third-order valence-electron chi connectivity index (χ3n) is 3.05. The summed E-state index contributed by atoms with van der Waals surface area (Å²) in [4.78, 5) is 2.62. The van der Waals surface area contributed by atoms with Crippen molar-refractivity contribution in [1.82, 2.24) is 4.90 Å². The predicted octanol–water partition coefficient (Wildman–Crippen LogP) is 3.93. The summed E-state index contributed by atoms with van der Waals surface area (Å²) in [6.07, 6.45) is 1.23. The highest BCUT2D eigenvalue weighted by Crippen LogP contribution is 2.29. The molecule has 0 aliphatic carbocycles. The van der Waals surface area contributed by atoms with Crippen LogP contribution in [-0.4, -0.2) is 23.0 Å². The first-order valence-electron chi connectivity index (χ1n) is 5.87. The van der Waals surface area contributed by atoms with Gasteiger partial charge < -0.3 is 0 Å². The molecule has 86 valence electrons. The maximum atomic E-state index is 2.62. The van der Waals surface area contributed by atoms with E-state index in [2.05, 4.69) is 60.3 Å². The van der Waals surface area contributed by atoms with Crippen LogP contribution in [0.4, 0.5) is 0 Å². The molecule has 0 aromatic carbocycles. The van der Waals surface area contributed by atoms with Gasteiger partial charge in [0.25, 0.3) is 0 Å². The van der Waals surface area contributed by atoms with Gasteiger partial charge in [0.1, 0.15) is 0 Å². The van der Waals surface area contributed by atoms with Gasteiger partial charge in [0.2, 0.25) is 0 Å². The second kappa shape index (κ2) is 4.65. The van der Waals surface area contributed by atoms with Crippen molar-refractivity contribution in [1.29, 1.82) is 0 Å². The van der Waals surface area contributed by atoms with Gasteiger partial charge in [0, 0.05) is 11.6 Å². The zero-order chi connectivity index (χ0) is 11.6. The zero-order valence-electron chi connectivity index (χ0n) is 11.4. The first-order valence-corrected chi connectivity index (χ1v) is 5.87. The molecule has 0 N–H and O–H groups in total. The lowest BCUT2D eigenvalue weighted by Gasteiger charge is -2.45. The summed E-state index contributed by atoms with van der Waals surface area (Å²) in [5.41, 5.74) is 0.644. The summed E-state index contributed by atoms with van der Waals surface area (Å²) in [7, 11) is 0. The zero-order valence-corrected chi connectivity index (χ0v) is 11.4. The lowest BCUT2D eigenvalue weighted by atomic mass is 9.84. The van der Waals surface area contributed by atoms with Crippen molar-refractivity contribution in [3.63, 3.8) is 0 Å². The van der Waals surface area contributed by atoms with Gasteiger partial charge in [-0.1, -0.05) is 27.7 Å². The molecule has 0 saturated carbocycles. The number of rotatable bonds is 3. The Morgan fingerprint density at radius 1 is 1.00 bits per heavy atom. The maximum Gasteiger partial charge on any atom is 0.0128 e. The number of hydrogen-bond donors (Lipinski definition) is 0. The quantitative estimate of drug-likeness (QED) is 0.665.